The smallest absolute Gasteiger partial charge is 0.211 e. The molecule has 54 heavy (non-hydrogen) atoms. The molecule has 0 aliphatic rings. The molecule has 0 saturated carbocycles. The summed E-state index contributed by atoms with van der Waals surface area (Å²) in [6, 6.07) is 65.7. The van der Waals surface area contributed by atoms with E-state index in [2.05, 4.69) is 178 Å². The van der Waals surface area contributed by atoms with Gasteiger partial charge in [0.15, 0.2) is 0 Å². The van der Waals surface area contributed by atoms with Crippen molar-refractivity contribution in [1.82, 2.24) is 9.13 Å². The summed E-state index contributed by atoms with van der Waals surface area (Å²) in [4.78, 5) is 3.89. The molecule has 0 aliphatic heterocycles. The highest BCUT2D eigenvalue weighted by Gasteiger charge is 2.22. The molecule has 0 bridgehead atoms. The van der Waals surface area contributed by atoms with E-state index in [0.717, 1.165) is 60.8 Å². The van der Waals surface area contributed by atoms with Crippen LogP contribution in [0.1, 0.15) is 5.56 Å². The van der Waals surface area contributed by atoms with Gasteiger partial charge in [0.1, 0.15) is 0 Å². The number of aromatic nitrogens is 2. The molecule has 0 saturated heterocycles. The van der Waals surface area contributed by atoms with Crippen LogP contribution in [0.4, 0.5) is 5.69 Å². The monoisotopic (exact) mass is 686 g/mol. The zero-order valence-corrected chi connectivity index (χ0v) is 29.1. The lowest BCUT2D eigenvalue weighted by Gasteiger charge is -2.12. The lowest BCUT2D eigenvalue weighted by Crippen LogP contribution is -1.98. The Kier molecular flexibility index (Phi) is 7.22. The SMILES string of the molecule is [C-]#[N+]c1cccc(C#N)c1-n1c2ccc(-c3ccccc3)cc2c2c(-c3ccc4c(c3)c3cc(-c5ccccc5)ccc3n4-c3ccccc3)cccc21. The van der Waals surface area contributed by atoms with E-state index >= 15 is 0 Å². The van der Waals surface area contributed by atoms with Crippen molar-refractivity contribution in [1.29, 1.82) is 5.26 Å². The third kappa shape index (κ3) is 4.83. The van der Waals surface area contributed by atoms with E-state index in [4.69, 9.17) is 6.57 Å². The Morgan fingerprint density at radius 2 is 0.981 bits per heavy atom. The second-order valence-electron chi connectivity index (χ2n) is 13.5. The van der Waals surface area contributed by atoms with E-state index in [0.29, 0.717) is 16.9 Å². The fourth-order valence-corrected chi connectivity index (χ4v) is 8.17. The summed E-state index contributed by atoms with van der Waals surface area (Å²) >= 11 is 0. The average molecular weight is 687 g/mol. The molecule has 10 aromatic rings. The number of hydrogen-bond acceptors (Lipinski definition) is 1. The lowest BCUT2D eigenvalue weighted by molar-refractivity contribution is 1.17. The maximum Gasteiger partial charge on any atom is 0.211 e. The minimum absolute atomic E-state index is 0.440. The summed E-state index contributed by atoms with van der Waals surface area (Å²) in [5.74, 6) is 0. The molecular weight excluding hydrogens is 657 g/mol. The van der Waals surface area contributed by atoms with Gasteiger partial charge in [0.2, 0.25) is 5.69 Å². The second kappa shape index (κ2) is 12.5. The standard InChI is InChI=1S/C50H30N4/c1-52-44-21-11-17-38(32-51)50(44)54-47-27-24-36(34-15-7-3-8-16-34)30-43(47)49-40(20-12-22-48(49)54)37-25-28-46-42(31-37)41-29-35(33-13-5-2-6-14-33)23-26-45(41)53(46)39-18-9-4-10-19-39/h2-31H. The minimum Gasteiger partial charge on any atom is -0.318 e. The molecule has 0 amide bonds. The number of para-hydroxylation sites is 2. The van der Waals surface area contributed by atoms with Crippen LogP contribution in [0.2, 0.25) is 0 Å². The third-order valence-electron chi connectivity index (χ3n) is 10.6. The summed E-state index contributed by atoms with van der Waals surface area (Å²) in [6.07, 6.45) is 0. The molecular formula is C50H30N4. The number of hydrogen-bond donors (Lipinski definition) is 0. The maximum absolute atomic E-state index is 10.3. The Bertz CT molecular complexity index is 3120. The van der Waals surface area contributed by atoms with Gasteiger partial charge in [0, 0.05) is 27.2 Å². The number of fused-ring (bicyclic) bond motifs is 6. The van der Waals surface area contributed by atoms with Crippen LogP contribution < -0.4 is 0 Å². The van der Waals surface area contributed by atoms with Crippen molar-refractivity contribution in [2.24, 2.45) is 0 Å². The molecule has 0 atom stereocenters. The molecule has 0 N–H and O–H groups in total. The van der Waals surface area contributed by atoms with Crippen molar-refractivity contribution < 1.29 is 0 Å². The van der Waals surface area contributed by atoms with Crippen LogP contribution in [0, 0.1) is 17.9 Å². The van der Waals surface area contributed by atoms with E-state index in [-0.39, 0.29) is 0 Å². The Labute approximate surface area is 312 Å². The summed E-state index contributed by atoms with van der Waals surface area (Å²) in [7, 11) is 0. The Balaban J connectivity index is 1.29. The molecule has 0 radical (unpaired) electrons. The molecule has 0 unspecified atom stereocenters. The fraction of sp³-hybridized carbons (Fsp3) is 0. The average Bonchev–Trinajstić information content (AvgIpc) is 3.75. The molecule has 4 heteroatoms. The fourth-order valence-electron chi connectivity index (χ4n) is 8.17. The zero-order chi connectivity index (χ0) is 36.2. The van der Waals surface area contributed by atoms with Crippen LogP contribution in [0.5, 0.6) is 0 Å². The predicted molar refractivity (Wildman–Crippen MR) is 222 cm³/mol. The first-order chi connectivity index (χ1) is 26.7. The highest BCUT2D eigenvalue weighted by molar-refractivity contribution is 6.18. The molecule has 2 heterocycles. The van der Waals surface area contributed by atoms with E-state index in [9.17, 15) is 5.26 Å². The molecule has 0 fully saturated rings. The van der Waals surface area contributed by atoms with Gasteiger partial charge in [0.05, 0.1) is 46.0 Å². The van der Waals surface area contributed by atoms with Gasteiger partial charge in [-0.15, -0.1) is 0 Å². The first-order valence-corrected chi connectivity index (χ1v) is 17.9. The number of benzene rings is 8. The summed E-state index contributed by atoms with van der Waals surface area (Å²) in [6.45, 7) is 8.08. The minimum atomic E-state index is 0.440. The molecule has 0 spiro atoms. The first kappa shape index (κ1) is 31.1. The highest BCUT2D eigenvalue weighted by Crippen LogP contribution is 2.44. The maximum atomic E-state index is 10.3. The van der Waals surface area contributed by atoms with Crippen molar-refractivity contribution in [3.8, 4) is 50.8 Å². The van der Waals surface area contributed by atoms with Crippen molar-refractivity contribution in [2.45, 2.75) is 0 Å². The normalized spacial score (nSPS) is 11.3. The first-order valence-electron chi connectivity index (χ1n) is 17.9. The molecule has 8 aromatic carbocycles. The van der Waals surface area contributed by atoms with Gasteiger partial charge in [-0.1, -0.05) is 121 Å². The van der Waals surface area contributed by atoms with E-state index in [1.54, 1.807) is 18.2 Å². The van der Waals surface area contributed by atoms with E-state index in [1.807, 2.05) is 6.07 Å². The van der Waals surface area contributed by atoms with Crippen molar-refractivity contribution in [3.63, 3.8) is 0 Å². The number of nitrogens with zero attached hydrogens (tertiary/aromatic N) is 4. The van der Waals surface area contributed by atoms with Crippen LogP contribution in [-0.2, 0) is 0 Å². The Morgan fingerprint density at radius 3 is 1.59 bits per heavy atom. The summed E-state index contributed by atoms with van der Waals surface area (Å²) in [5, 5.41) is 14.8. The molecule has 4 nitrogen and oxygen atoms in total. The highest BCUT2D eigenvalue weighted by atomic mass is 15.0. The quantitative estimate of drug-likeness (QED) is 0.166. The van der Waals surface area contributed by atoms with Gasteiger partial charge < -0.3 is 9.13 Å². The Morgan fingerprint density at radius 1 is 0.444 bits per heavy atom. The van der Waals surface area contributed by atoms with Gasteiger partial charge >= 0.3 is 0 Å². The van der Waals surface area contributed by atoms with Gasteiger partial charge in [-0.25, -0.2) is 4.85 Å². The molecule has 10 rings (SSSR count). The zero-order valence-electron chi connectivity index (χ0n) is 29.1. The number of nitriles is 1. The largest absolute Gasteiger partial charge is 0.318 e. The third-order valence-corrected chi connectivity index (χ3v) is 10.6. The van der Waals surface area contributed by atoms with Crippen LogP contribution in [0.3, 0.4) is 0 Å². The Hall–Kier alpha value is -7.66. The van der Waals surface area contributed by atoms with Crippen molar-refractivity contribution in [2.75, 3.05) is 0 Å². The van der Waals surface area contributed by atoms with Crippen LogP contribution >= 0.6 is 0 Å². The number of rotatable bonds is 5. The van der Waals surface area contributed by atoms with Crippen LogP contribution in [-0.4, -0.2) is 9.13 Å². The molecule has 0 aliphatic carbocycles. The van der Waals surface area contributed by atoms with Gasteiger partial charge in [-0.05, 0) is 94.0 Å². The van der Waals surface area contributed by atoms with Crippen LogP contribution in [0.25, 0.3) is 93.2 Å². The molecule has 250 valence electrons. The van der Waals surface area contributed by atoms with Crippen molar-refractivity contribution in [3.05, 3.63) is 199 Å². The van der Waals surface area contributed by atoms with Gasteiger partial charge in [-0.2, -0.15) is 5.26 Å². The second-order valence-corrected chi connectivity index (χ2v) is 13.5. The molecule has 2 aromatic heterocycles. The predicted octanol–water partition coefficient (Wildman–Crippen LogP) is 13.3. The summed E-state index contributed by atoms with van der Waals surface area (Å²) in [5.41, 5.74) is 13.5. The lowest BCUT2D eigenvalue weighted by atomic mass is 9.96. The van der Waals surface area contributed by atoms with E-state index in [1.165, 1.54) is 21.9 Å². The summed E-state index contributed by atoms with van der Waals surface area (Å²) < 4.78 is 4.47. The van der Waals surface area contributed by atoms with Crippen molar-refractivity contribution >= 4 is 49.3 Å². The van der Waals surface area contributed by atoms with Gasteiger partial charge in [-0.3, -0.25) is 0 Å². The van der Waals surface area contributed by atoms with E-state index < -0.39 is 0 Å². The topological polar surface area (TPSA) is 38.0 Å². The van der Waals surface area contributed by atoms with Crippen LogP contribution in [0.15, 0.2) is 182 Å². The van der Waals surface area contributed by atoms with Gasteiger partial charge in [0.25, 0.3) is 0 Å².